The molecule has 0 aliphatic heterocycles. The minimum atomic E-state index is -0.326. The fourth-order valence-electron chi connectivity index (χ4n) is 2.95. The first-order valence-electron chi connectivity index (χ1n) is 9.12. The molecule has 2 saturated carbocycles. The van der Waals surface area contributed by atoms with Crippen LogP contribution in [0.25, 0.3) is 0 Å². The molecule has 2 aliphatic rings. The van der Waals surface area contributed by atoms with E-state index in [2.05, 4.69) is 12.2 Å². The average Bonchev–Trinajstić information content (AvgIpc) is 2.49. The molecule has 0 bridgehead atoms. The van der Waals surface area contributed by atoms with E-state index in [4.69, 9.17) is 9.47 Å². The van der Waals surface area contributed by atoms with Crippen LogP contribution in [0.5, 0.6) is 11.5 Å². The van der Waals surface area contributed by atoms with Gasteiger partial charge in [-0.25, -0.2) is 4.39 Å². The fourth-order valence-corrected chi connectivity index (χ4v) is 2.95. The van der Waals surface area contributed by atoms with Crippen molar-refractivity contribution in [3.8, 4) is 11.5 Å². The van der Waals surface area contributed by atoms with Crippen LogP contribution in [0, 0.1) is 24.6 Å². The lowest BCUT2D eigenvalue weighted by Crippen LogP contribution is -2.08. The third kappa shape index (κ3) is 4.40. The van der Waals surface area contributed by atoms with Gasteiger partial charge in [0.25, 0.3) is 0 Å². The molecule has 130 valence electrons. The maximum absolute atomic E-state index is 14.4. The van der Waals surface area contributed by atoms with Crippen LogP contribution in [-0.4, -0.2) is 13.2 Å². The van der Waals surface area contributed by atoms with E-state index in [9.17, 15) is 4.39 Å². The number of allylic oxidation sites excluding steroid dienone is 2. The summed E-state index contributed by atoms with van der Waals surface area (Å²) >= 11 is 0. The second-order valence-corrected chi connectivity index (χ2v) is 6.86. The van der Waals surface area contributed by atoms with Crippen molar-refractivity contribution in [2.75, 3.05) is 13.2 Å². The van der Waals surface area contributed by atoms with Crippen molar-refractivity contribution in [2.45, 2.75) is 45.4 Å². The summed E-state index contributed by atoms with van der Waals surface area (Å²) in [6.45, 7) is 2.63. The maximum atomic E-state index is 14.4. The second kappa shape index (κ2) is 8.36. The van der Waals surface area contributed by atoms with Gasteiger partial charge in [0, 0.05) is 5.56 Å². The highest BCUT2D eigenvalue weighted by Gasteiger charge is 2.15. The van der Waals surface area contributed by atoms with Crippen LogP contribution in [0.4, 0.5) is 4.39 Å². The summed E-state index contributed by atoms with van der Waals surface area (Å²) in [5.41, 5.74) is 0.507. The minimum absolute atomic E-state index is 0.295. The van der Waals surface area contributed by atoms with Crippen molar-refractivity contribution in [2.24, 2.45) is 11.8 Å². The topological polar surface area (TPSA) is 18.5 Å². The third-order valence-electron chi connectivity index (χ3n) is 5.09. The van der Waals surface area contributed by atoms with E-state index in [1.807, 2.05) is 12.2 Å². The van der Waals surface area contributed by atoms with Gasteiger partial charge in [-0.2, -0.15) is 0 Å². The van der Waals surface area contributed by atoms with Crippen molar-refractivity contribution < 1.29 is 13.9 Å². The summed E-state index contributed by atoms with van der Waals surface area (Å²) in [5.74, 6) is 1.97. The Morgan fingerprint density at radius 2 is 1.42 bits per heavy atom. The Hall–Kier alpha value is -1.77. The van der Waals surface area contributed by atoms with Crippen molar-refractivity contribution in [1.29, 1.82) is 0 Å². The molecule has 2 aliphatic carbocycles. The van der Waals surface area contributed by atoms with Crippen molar-refractivity contribution in [1.82, 2.24) is 0 Å². The molecule has 0 spiro atoms. The first kappa shape index (κ1) is 17.1. The number of rotatable bonds is 8. The molecule has 0 saturated heterocycles. The Kier molecular flexibility index (Phi) is 5.95. The molecule has 0 N–H and O–H groups in total. The van der Waals surface area contributed by atoms with Gasteiger partial charge in [-0.05, 0) is 56.6 Å². The van der Waals surface area contributed by atoms with Gasteiger partial charge in [0.15, 0.2) is 11.6 Å². The van der Waals surface area contributed by atoms with Crippen LogP contribution in [0.15, 0.2) is 36.4 Å². The van der Waals surface area contributed by atoms with Crippen LogP contribution >= 0.6 is 0 Å². The third-order valence-corrected chi connectivity index (χ3v) is 5.09. The summed E-state index contributed by atoms with van der Waals surface area (Å²) in [5, 5.41) is 0. The highest BCUT2D eigenvalue weighted by Crippen LogP contribution is 2.30. The van der Waals surface area contributed by atoms with Crippen molar-refractivity contribution in [3.05, 3.63) is 47.8 Å². The Balaban J connectivity index is 1.48. The number of benzene rings is 1. The summed E-state index contributed by atoms with van der Waals surface area (Å²) < 4.78 is 25.6. The van der Waals surface area contributed by atoms with Gasteiger partial charge in [-0.15, -0.1) is 0 Å². The lowest BCUT2D eigenvalue weighted by molar-refractivity contribution is 0.326. The second-order valence-electron chi connectivity index (χ2n) is 6.86. The highest BCUT2D eigenvalue weighted by atomic mass is 19.1. The van der Waals surface area contributed by atoms with E-state index in [0.29, 0.717) is 36.2 Å². The largest absolute Gasteiger partial charge is 0.489 e. The van der Waals surface area contributed by atoms with E-state index in [1.165, 1.54) is 38.5 Å². The predicted octanol–water partition coefficient (Wildman–Crippen LogP) is 5.60. The molecular formula is C21H27FO2. The number of ether oxygens (including phenoxy) is 2. The molecule has 0 amide bonds. The maximum Gasteiger partial charge on any atom is 0.171 e. The van der Waals surface area contributed by atoms with Crippen LogP contribution in [0.3, 0.4) is 0 Å². The predicted molar refractivity (Wildman–Crippen MR) is 95.1 cm³/mol. The zero-order valence-electron chi connectivity index (χ0n) is 14.5. The van der Waals surface area contributed by atoms with Gasteiger partial charge in [0.2, 0.25) is 0 Å². The molecule has 1 aromatic rings. The van der Waals surface area contributed by atoms with Crippen LogP contribution in [-0.2, 0) is 0 Å². The SMILES string of the molecule is Cc1c(OC/C=C/C2CCC2)ccc(OC/C=C/C2CCC2)c1F. The van der Waals surface area contributed by atoms with Gasteiger partial charge < -0.3 is 9.47 Å². The summed E-state index contributed by atoms with van der Waals surface area (Å²) in [6, 6.07) is 3.45. The normalized spacial score (nSPS) is 18.8. The quantitative estimate of drug-likeness (QED) is 0.577. The van der Waals surface area contributed by atoms with Gasteiger partial charge in [0.1, 0.15) is 19.0 Å². The lowest BCUT2D eigenvalue weighted by Gasteiger charge is -2.21. The van der Waals surface area contributed by atoms with Gasteiger partial charge in [0.05, 0.1) is 0 Å². The standard InChI is InChI=1S/C21H27FO2/c1-16-19(23-14-4-10-17-6-2-7-17)12-13-20(21(16)22)24-15-5-11-18-8-3-9-18/h4-5,10-13,17-18H,2-3,6-9,14-15H2,1H3/b10-4+,11-5+. The molecule has 24 heavy (non-hydrogen) atoms. The molecule has 0 unspecified atom stereocenters. The Morgan fingerprint density at radius 3 is 1.92 bits per heavy atom. The first-order chi connectivity index (χ1) is 11.7. The highest BCUT2D eigenvalue weighted by molar-refractivity contribution is 5.41. The van der Waals surface area contributed by atoms with Gasteiger partial charge >= 0.3 is 0 Å². The lowest BCUT2D eigenvalue weighted by atomic mass is 9.85. The van der Waals surface area contributed by atoms with Crippen LogP contribution < -0.4 is 9.47 Å². The van der Waals surface area contributed by atoms with E-state index in [1.54, 1.807) is 19.1 Å². The van der Waals surface area contributed by atoms with Crippen molar-refractivity contribution in [3.63, 3.8) is 0 Å². The Morgan fingerprint density at radius 1 is 0.917 bits per heavy atom. The van der Waals surface area contributed by atoms with Gasteiger partial charge in [-0.1, -0.05) is 37.1 Å². The van der Waals surface area contributed by atoms with Crippen LogP contribution in [0.1, 0.15) is 44.1 Å². The zero-order valence-corrected chi connectivity index (χ0v) is 14.5. The zero-order chi connectivity index (χ0) is 16.8. The van der Waals surface area contributed by atoms with E-state index in [-0.39, 0.29) is 5.82 Å². The molecule has 0 atom stereocenters. The molecule has 3 rings (SSSR count). The van der Waals surface area contributed by atoms with Crippen LogP contribution in [0.2, 0.25) is 0 Å². The molecular weight excluding hydrogens is 303 g/mol. The van der Waals surface area contributed by atoms with E-state index in [0.717, 1.165) is 5.92 Å². The molecule has 2 nitrogen and oxygen atoms in total. The smallest absolute Gasteiger partial charge is 0.171 e. The molecule has 0 heterocycles. The number of hydrogen-bond acceptors (Lipinski definition) is 2. The fraction of sp³-hybridized carbons (Fsp3) is 0.524. The van der Waals surface area contributed by atoms with E-state index < -0.39 is 0 Å². The molecule has 0 radical (unpaired) electrons. The Labute approximate surface area is 144 Å². The Bertz CT molecular complexity index is 545. The number of halogens is 1. The first-order valence-corrected chi connectivity index (χ1v) is 9.12. The average molecular weight is 330 g/mol. The summed E-state index contributed by atoms with van der Waals surface area (Å²) in [6.07, 6.45) is 16.2. The van der Waals surface area contributed by atoms with E-state index >= 15 is 0 Å². The molecule has 3 heteroatoms. The van der Waals surface area contributed by atoms with Gasteiger partial charge in [-0.3, -0.25) is 0 Å². The molecule has 2 fully saturated rings. The monoisotopic (exact) mass is 330 g/mol. The minimum Gasteiger partial charge on any atom is -0.489 e. The summed E-state index contributed by atoms with van der Waals surface area (Å²) in [7, 11) is 0. The molecule has 0 aromatic heterocycles. The number of hydrogen-bond donors (Lipinski definition) is 0. The van der Waals surface area contributed by atoms with Crippen molar-refractivity contribution >= 4 is 0 Å². The summed E-state index contributed by atoms with van der Waals surface area (Å²) in [4.78, 5) is 0. The molecule has 1 aromatic carbocycles.